The molecule has 0 heterocycles. The number of rotatable bonds is 0. The molecule has 0 atom stereocenters. The van der Waals surface area contributed by atoms with E-state index >= 15 is 0 Å². The molecule has 0 saturated heterocycles. The maximum Gasteiger partial charge on any atom is 3.00 e. The van der Waals surface area contributed by atoms with Gasteiger partial charge in [-0.05, 0) is 0 Å². The second-order valence-electron chi connectivity index (χ2n) is 0. The molecule has 0 aliphatic rings. The first kappa shape index (κ1) is 63.4. The van der Waals surface area contributed by atoms with Crippen molar-refractivity contribution >= 4 is 25.8 Å². The SMILES string of the molecule is [Cl-].[Cl-].[Cl-].[Cl-].[In+3].[Na+]. The Bertz CT molecular complexity index is 7.51. The number of hydrogen-bond donors (Lipinski definition) is 0. The zero-order valence-electron chi connectivity index (χ0n) is 3.09. The molecule has 0 aliphatic heterocycles. The Labute approximate surface area is 103 Å². The average Bonchev–Trinajstić information content (AvgIpc) is 0. The second-order valence-corrected chi connectivity index (χ2v) is 0. The molecule has 0 bridgehead atoms. The monoisotopic (exact) mass is 278 g/mol. The van der Waals surface area contributed by atoms with Crippen LogP contribution in [-0.2, 0) is 0 Å². The van der Waals surface area contributed by atoms with Crippen molar-refractivity contribution in [2.45, 2.75) is 0 Å². The molecular formula is Cl4InNa. The molecule has 0 unspecified atom stereocenters. The topological polar surface area (TPSA) is 0 Å². The van der Waals surface area contributed by atoms with Gasteiger partial charge in [0.1, 0.15) is 0 Å². The minimum absolute atomic E-state index is 0. The van der Waals surface area contributed by atoms with E-state index < -0.39 is 0 Å². The van der Waals surface area contributed by atoms with E-state index in [4.69, 9.17) is 0 Å². The van der Waals surface area contributed by atoms with Gasteiger partial charge in [-0.15, -0.1) is 0 Å². The third-order valence-electron chi connectivity index (χ3n) is 0. The fourth-order valence-electron chi connectivity index (χ4n) is 0. The molecule has 0 spiro atoms. The van der Waals surface area contributed by atoms with Crippen molar-refractivity contribution in [1.82, 2.24) is 0 Å². The third-order valence-corrected chi connectivity index (χ3v) is 0. The van der Waals surface area contributed by atoms with Crippen LogP contribution in [-0.4, -0.2) is 25.8 Å². The van der Waals surface area contributed by atoms with E-state index in [2.05, 4.69) is 0 Å². The molecule has 0 aromatic carbocycles. The van der Waals surface area contributed by atoms with Crippen LogP contribution in [0.4, 0.5) is 0 Å². The van der Waals surface area contributed by atoms with Crippen molar-refractivity contribution in [1.29, 1.82) is 0 Å². The van der Waals surface area contributed by atoms with Gasteiger partial charge in [0.15, 0.2) is 0 Å². The molecule has 6 heavy (non-hydrogen) atoms. The molecule has 0 radical (unpaired) electrons. The Morgan fingerprint density at radius 2 is 0.500 bits per heavy atom. The van der Waals surface area contributed by atoms with E-state index in [1.54, 1.807) is 0 Å². The molecule has 0 nitrogen and oxygen atoms in total. The summed E-state index contributed by atoms with van der Waals surface area (Å²) in [5.74, 6) is 0. The Hall–Kier alpha value is 3.03. The first-order valence-electron chi connectivity index (χ1n) is 0. The smallest absolute Gasteiger partial charge is 1.00 e. The molecule has 0 aromatic heterocycles. The van der Waals surface area contributed by atoms with Gasteiger partial charge < -0.3 is 49.6 Å². The van der Waals surface area contributed by atoms with E-state index in [9.17, 15) is 0 Å². The van der Waals surface area contributed by atoms with Crippen LogP contribution < -0.4 is 79.2 Å². The van der Waals surface area contributed by atoms with Gasteiger partial charge in [-0.25, -0.2) is 0 Å². The first-order valence-corrected chi connectivity index (χ1v) is 0. The second kappa shape index (κ2) is 43.2. The number of halogens is 4. The summed E-state index contributed by atoms with van der Waals surface area (Å²) >= 11 is 0. The van der Waals surface area contributed by atoms with E-state index in [0.29, 0.717) is 0 Å². The zero-order chi connectivity index (χ0) is 0. The molecule has 6 heteroatoms. The van der Waals surface area contributed by atoms with Crippen LogP contribution in [0.25, 0.3) is 0 Å². The minimum Gasteiger partial charge on any atom is -1.00 e. The van der Waals surface area contributed by atoms with E-state index in [-0.39, 0.29) is 105 Å². The standard InChI is InChI=1S/4ClH.In.Na/h4*1H;;/q;;;;+3;+1/p-4. The first-order chi connectivity index (χ1) is 0. The summed E-state index contributed by atoms with van der Waals surface area (Å²) in [5, 5.41) is 0. The predicted octanol–water partition coefficient (Wildman–Crippen LogP) is -15.4. The maximum atomic E-state index is 0. The third kappa shape index (κ3) is 27.8. The Morgan fingerprint density at radius 3 is 0.500 bits per heavy atom. The summed E-state index contributed by atoms with van der Waals surface area (Å²) in [6, 6.07) is 0. The van der Waals surface area contributed by atoms with Crippen LogP contribution in [0.2, 0.25) is 0 Å². The Balaban J connectivity index is 0. The average molecular weight is 280 g/mol. The summed E-state index contributed by atoms with van der Waals surface area (Å²) in [5.41, 5.74) is 0. The van der Waals surface area contributed by atoms with Crippen molar-refractivity contribution in [3.8, 4) is 0 Å². The van der Waals surface area contributed by atoms with Crippen LogP contribution in [0.5, 0.6) is 0 Å². The fourth-order valence-corrected chi connectivity index (χ4v) is 0. The molecule has 0 fully saturated rings. The van der Waals surface area contributed by atoms with E-state index in [1.807, 2.05) is 0 Å². The minimum atomic E-state index is 0. The quantitative estimate of drug-likeness (QED) is 0.387. The van der Waals surface area contributed by atoms with Crippen molar-refractivity contribution in [3.05, 3.63) is 0 Å². The van der Waals surface area contributed by atoms with Gasteiger partial charge >= 0.3 is 55.4 Å². The van der Waals surface area contributed by atoms with Crippen molar-refractivity contribution in [2.24, 2.45) is 0 Å². The van der Waals surface area contributed by atoms with Crippen LogP contribution in [0, 0.1) is 0 Å². The van der Waals surface area contributed by atoms with Gasteiger partial charge in [0.05, 0.1) is 0 Å². The molecule has 0 aromatic rings. The zero-order valence-corrected chi connectivity index (χ0v) is 11.4. The summed E-state index contributed by atoms with van der Waals surface area (Å²) in [7, 11) is 0. The summed E-state index contributed by atoms with van der Waals surface area (Å²) < 4.78 is 0. The Morgan fingerprint density at radius 1 is 0.500 bits per heavy atom. The normalized spacial score (nSPS) is 0. The number of hydrogen-bond acceptors (Lipinski definition) is 0. The maximum absolute atomic E-state index is 0. The van der Waals surface area contributed by atoms with Crippen LogP contribution in [0.1, 0.15) is 0 Å². The van der Waals surface area contributed by atoms with Gasteiger partial charge in [0, 0.05) is 0 Å². The van der Waals surface area contributed by atoms with Crippen molar-refractivity contribution < 1.29 is 79.2 Å². The summed E-state index contributed by atoms with van der Waals surface area (Å²) in [6.45, 7) is 0. The van der Waals surface area contributed by atoms with Gasteiger partial charge in [0.25, 0.3) is 0 Å². The molecule has 0 amide bonds. The molecular weight excluding hydrogens is 280 g/mol. The van der Waals surface area contributed by atoms with Gasteiger partial charge in [0.2, 0.25) is 0 Å². The van der Waals surface area contributed by atoms with Crippen LogP contribution in [0.3, 0.4) is 0 Å². The molecule has 0 rings (SSSR count). The van der Waals surface area contributed by atoms with Crippen LogP contribution in [0.15, 0.2) is 0 Å². The molecule has 0 saturated carbocycles. The van der Waals surface area contributed by atoms with Crippen LogP contribution >= 0.6 is 0 Å². The summed E-state index contributed by atoms with van der Waals surface area (Å²) in [6.07, 6.45) is 0. The largest absolute Gasteiger partial charge is 3.00 e. The van der Waals surface area contributed by atoms with E-state index in [1.165, 1.54) is 0 Å². The van der Waals surface area contributed by atoms with E-state index in [0.717, 1.165) is 0 Å². The van der Waals surface area contributed by atoms with Crippen molar-refractivity contribution in [2.75, 3.05) is 0 Å². The predicted molar refractivity (Wildman–Crippen MR) is 5.75 cm³/mol. The Kier molecular flexibility index (Phi) is 457. The van der Waals surface area contributed by atoms with Gasteiger partial charge in [-0.3, -0.25) is 0 Å². The fraction of sp³-hybridized carbons (Fsp3) is 0. The molecule has 0 aliphatic carbocycles. The summed E-state index contributed by atoms with van der Waals surface area (Å²) in [4.78, 5) is 0. The van der Waals surface area contributed by atoms with Crippen molar-refractivity contribution in [3.63, 3.8) is 0 Å². The van der Waals surface area contributed by atoms with Gasteiger partial charge in [-0.2, -0.15) is 0 Å². The molecule has 32 valence electrons. The van der Waals surface area contributed by atoms with Gasteiger partial charge in [-0.1, -0.05) is 0 Å². The molecule has 0 N–H and O–H groups in total.